The zero-order valence-corrected chi connectivity index (χ0v) is 17.2. The molecule has 0 radical (unpaired) electrons. The van der Waals surface area contributed by atoms with Gasteiger partial charge < -0.3 is 20.8 Å². The Morgan fingerprint density at radius 1 is 1.00 bits per heavy atom. The predicted octanol–water partition coefficient (Wildman–Crippen LogP) is 2.73. The molecule has 1 saturated carbocycles. The lowest BCUT2D eigenvalue weighted by Crippen LogP contribution is -2.38. The number of nitrogens with zero attached hydrogens (tertiary/aromatic N) is 2. The Labute approximate surface area is 180 Å². The minimum absolute atomic E-state index is 0.217. The smallest absolute Gasteiger partial charge is 0.253 e. The number of anilines is 1. The summed E-state index contributed by atoms with van der Waals surface area (Å²) in [6, 6.07) is 13.0. The minimum atomic E-state index is -0.719. The largest absolute Gasteiger partial charge is 0.393 e. The second-order valence-corrected chi connectivity index (χ2v) is 8.51. The van der Waals surface area contributed by atoms with Crippen LogP contribution >= 0.6 is 0 Å². The first-order valence-electron chi connectivity index (χ1n) is 10.9. The van der Waals surface area contributed by atoms with Gasteiger partial charge in [0.2, 0.25) is 5.95 Å². The van der Waals surface area contributed by atoms with Gasteiger partial charge in [-0.1, -0.05) is 36.4 Å². The van der Waals surface area contributed by atoms with Crippen LogP contribution in [0.3, 0.4) is 0 Å². The Morgan fingerprint density at radius 2 is 1.81 bits per heavy atom. The quantitative estimate of drug-likeness (QED) is 0.519. The third kappa shape index (κ3) is 3.98. The molecule has 1 heterocycles. The topological polar surface area (TPSA) is 107 Å². The van der Waals surface area contributed by atoms with Gasteiger partial charge in [-0.3, -0.25) is 4.79 Å². The summed E-state index contributed by atoms with van der Waals surface area (Å²) in [7, 11) is 0. The van der Waals surface area contributed by atoms with Crippen LogP contribution in [0.5, 0.6) is 0 Å². The van der Waals surface area contributed by atoms with Crippen molar-refractivity contribution in [2.75, 3.05) is 5.32 Å². The SMILES string of the molecule is O=C(N[C@@H]1Cc2ccccc2[C@H]1O)c1cccc2cnc(N[C@H]3CC[C@H](O)CC3)nc12. The van der Waals surface area contributed by atoms with E-state index in [2.05, 4.69) is 20.6 Å². The summed E-state index contributed by atoms with van der Waals surface area (Å²) >= 11 is 0. The zero-order valence-electron chi connectivity index (χ0n) is 17.2. The summed E-state index contributed by atoms with van der Waals surface area (Å²) in [5, 5.41) is 27.5. The van der Waals surface area contributed by atoms with Gasteiger partial charge in [-0.2, -0.15) is 0 Å². The highest BCUT2D eigenvalue weighted by Crippen LogP contribution is 2.31. The molecule has 4 N–H and O–H groups in total. The van der Waals surface area contributed by atoms with Crippen molar-refractivity contribution in [1.29, 1.82) is 0 Å². The van der Waals surface area contributed by atoms with Gasteiger partial charge in [0.1, 0.15) is 0 Å². The van der Waals surface area contributed by atoms with Crippen LogP contribution in [0.15, 0.2) is 48.7 Å². The number of carbonyl (C=O) groups is 1. The molecular formula is C24H26N4O3. The molecule has 1 aromatic heterocycles. The van der Waals surface area contributed by atoms with Crippen molar-refractivity contribution in [3.05, 3.63) is 65.4 Å². The van der Waals surface area contributed by atoms with Crippen molar-refractivity contribution < 1.29 is 15.0 Å². The standard InChI is InChI=1S/C24H26N4O3/c29-17-10-8-16(9-11-17)26-24-25-13-15-5-3-7-19(21(15)28-24)23(31)27-20-12-14-4-1-2-6-18(14)22(20)30/h1-7,13,16-17,20,22,29-30H,8-12H2,(H,27,31)(H,25,26,28)/t16-,17-,20-,22-/m1/s1. The van der Waals surface area contributed by atoms with Crippen molar-refractivity contribution in [2.24, 2.45) is 0 Å². The van der Waals surface area contributed by atoms with Crippen molar-refractivity contribution in [1.82, 2.24) is 15.3 Å². The van der Waals surface area contributed by atoms with E-state index in [-0.39, 0.29) is 24.1 Å². The van der Waals surface area contributed by atoms with Crippen molar-refractivity contribution in [2.45, 2.75) is 56.4 Å². The Hall–Kier alpha value is -3.03. The average molecular weight is 418 g/mol. The van der Waals surface area contributed by atoms with E-state index in [0.717, 1.165) is 42.2 Å². The molecule has 160 valence electrons. The molecule has 0 unspecified atom stereocenters. The van der Waals surface area contributed by atoms with E-state index >= 15 is 0 Å². The van der Waals surface area contributed by atoms with Crippen molar-refractivity contribution in [3.8, 4) is 0 Å². The molecule has 0 bridgehead atoms. The van der Waals surface area contributed by atoms with Gasteiger partial charge in [-0.15, -0.1) is 0 Å². The van der Waals surface area contributed by atoms with Crippen LogP contribution < -0.4 is 10.6 Å². The predicted molar refractivity (Wildman–Crippen MR) is 118 cm³/mol. The molecule has 2 aliphatic carbocycles. The van der Waals surface area contributed by atoms with Gasteiger partial charge in [-0.05, 0) is 49.3 Å². The number of amides is 1. The number of hydrogen-bond donors (Lipinski definition) is 4. The monoisotopic (exact) mass is 418 g/mol. The third-order valence-corrected chi connectivity index (χ3v) is 6.40. The van der Waals surface area contributed by atoms with E-state index in [9.17, 15) is 15.0 Å². The van der Waals surface area contributed by atoms with Gasteiger partial charge in [0.15, 0.2) is 0 Å². The van der Waals surface area contributed by atoms with Crippen molar-refractivity contribution in [3.63, 3.8) is 0 Å². The zero-order chi connectivity index (χ0) is 21.4. The molecule has 0 spiro atoms. The van der Waals surface area contributed by atoms with E-state index in [4.69, 9.17) is 0 Å². The molecule has 2 atom stereocenters. The molecule has 2 aliphatic rings. The highest BCUT2D eigenvalue weighted by Gasteiger charge is 2.32. The Bertz CT molecular complexity index is 1110. The van der Waals surface area contributed by atoms with E-state index < -0.39 is 6.10 Å². The highest BCUT2D eigenvalue weighted by atomic mass is 16.3. The second-order valence-electron chi connectivity index (χ2n) is 8.51. The number of para-hydroxylation sites is 1. The number of aliphatic hydroxyl groups excluding tert-OH is 2. The van der Waals surface area contributed by atoms with Crippen LogP contribution in [0.2, 0.25) is 0 Å². The number of aliphatic hydroxyl groups is 2. The maximum atomic E-state index is 13.1. The number of carbonyl (C=O) groups excluding carboxylic acids is 1. The summed E-state index contributed by atoms with van der Waals surface area (Å²) in [4.78, 5) is 22.2. The molecule has 1 amide bonds. The fourth-order valence-corrected chi connectivity index (χ4v) is 4.66. The number of aromatic nitrogens is 2. The lowest BCUT2D eigenvalue weighted by Gasteiger charge is -2.26. The Kier molecular flexibility index (Phi) is 5.29. The fourth-order valence-electron chi connectivity index (χ4n) is 4.66. The summed E-state index contributed by atoms with van der Waals surface area (Å²) in [6.07, 6.45) is 4.65. The van der Waals surface area contributed by atoms with E-state index in [0.29, 0.717) is 23.4 Å². The maximum absolute atomic E-state index is 13.1. The molecule has 0 saturated heterocycles. The van der Waals surface area contributed by atoms with Gasteiger partial charge in [0.05, 0.1) is 29.3 Å². The third-order valence-electron chi connectivity index (χ3n) is 6.40. The minimum Gasteiger partial charge on any atom is -0.393 e. The normalized spacial score (nSPS) is 25.2. The fraction of sp³-hybridized carbons (Fsp3) is 0.375. The first-order valence-corrected chi connectivity index (χ1v) is 10.9. The van der Waals surface area contributed by atoms with Crippen LogP contribution in [-0.2, 0) is 6.42 Å². The molecule has 3 aromatic rings. The van der Waals surface area contributed by atoms with Crippen LogP contribution in [-0.4, -0.2) is 44.3 Å². The Morgan fingerprint density at radius 3 is 2.61 bits per heavy atom. The Balaban J connectivity index is 1.36. The summed E-state index contributed by atoms with van der Waals surface area (Å²) in [6.45, 7) is 0. The second kappa shape index (κ2) is 8.24. The molecule has 1 fully saturated rings. The summed E-state index contributed by atoms with van der Waals surface area (Å²) < 4.78 is 0. The van der Waals surface area contributed by atoms with Crippen LogP contribution in [0.25, 0.3) is 10.9 Å². The average Bonchev–Trinajstić information content (AvgIpc) is 3.10. The van der Waals surface area contributed by atoms with Crippen molar-refractivity contribution >= 4 is 22.8 Å². The number of nitrogens with one attached hydrogen (secondary N) is 2. The van der Waals surface area contributed by atoms with Gasteiger partial charge in [0, 0.05) is 17.6 Å². The lowest BCUT2D eigenvalue weighted by atomic mass is 9.93. The number of hydrogen-bond acceptors (Lipinski definition) is 6. The van der Waals surface area contributed by atoms with Crippen LogP contribution in [0.4, 0.5) is 5.95 Å². The first kappa shape index (κ1) is 19.9. The molecule has 7 nitrogen and oxygen atoms in total. The van der Waals surface area contributed by atoms with E-state index in [1.807, 2.05) is 36.4 Å². The van der Waals surface area contributed by atoms with E-state index in [1.165, 1.54) is 0 Å². The summed E-state index contributed by atoms with van der Waals surface area (Å²) in [5.74, 6) is 0.232. The van der Waals surface area contributed by atoms with Gasteiger partial charge >= 0.3 is 0 Å². The molecule has 31 heavy (non-hydrogen) atoms. The number of benzene rings is 2. The summed E-state index contributed by atoms with van der Waals surface area (Å²) in [5.41, 5.74) is 2.98. The molecule has 5 rings (SSSR count). The van der Waals surface area contributed by atoms with Crippen LogP contribution in [0.1, 0.15) is 53.3 Å². The van der Waals surface area contributed by atoms with E-state index in [1.54, 1.807) is 12.3 Å². The number of rotatable bonds is 4. The van der Waals surface area contributed by atoms with Gasteiger partial charge in [0.25, 0.3) is 5.91 Å². The molecule has 0 aliphatic heterocycles. The number of fused-ring (bicyclic) bond motifs is 2. The molecule has 2 aromatic carbocycles. The molecular weight excluding hydrogens is 392 g/mol. The lowest BCUT2D eigenvalue weighted by molar-refractivity contribution is 0.0860. The maximum Gasteiger partial charge on any atom is 0.253 e. The molecule has 7 heteroatoms. The highest BCUT2D eigenvalue weighted by molar-refractivity contribution is 6.05. The van der Waals surface area contributed by atoms with Crippen LogP contribution in [0, 0.1) is 0 Å². The van der Waals surface area contributed by atoms with Gasteiger partial charge in [-0.25, -0.2) is 9.97 Å². The first-order chi connectivity index (χ1) is 15.1.